The van der Waals surface area contributed by atoms with E-state index in [2.05, 4.69) is 15.5 Å². The molecule has 0 aliphatic heterocycles. The van der Waals surface area contributed by atoms with Gasteiger partial charge in [0.05, 0.1) is 0 Å². The minimum Gasteiger partial charge on any atom is -0.343 e. The second-order valence-electron chi connectivity index (χ2n) is 3.68. The topological polar surface area (TPSA) is 68.0 Å². The van der Waals surface area contributed by atoms with Crippen LogP contribution in [0.1, 0.15) is 31.5 Å². The summed E-state index contributed by atoms with van der Waals surface area (Å²) in [5.41, 5.74) is -0.407. The first-order chi connectivity index (χ1) is 7.27. The second kappa shape index (κ2) is 4.18. The van der Waals surface area contributed by atoms with Crippen molar-refractivity contribution in [1.29, 1.82) is 0 Å². The van der Waals surface area contributed by atoms with Crippen LogP contribution in [0, 0.1) is 0 Å². The Kier molecular flexibility index (Phi) is 2.90. The molecule has 1 aliphatic rings. The van der Waals surface area contributed by atoms with E-state index in [0.717, 1.165) is 19.3 Å². The van der Waals surface area contributed by atoms with Gasteiger partial charge in [0.1, 0.15) is 5.54 Å². The van der Waals surface area contributed by atoms with Crippen LogP contribution in [0.4, 0.5) is 0 Å². The zero-order chi connectivity index (χ0) is 10.7. The van der Waals surface area contributed by atoms with Crippen LogP contribution in [0.25, 0.3) is 0 Å². The lowest BCUT2D eigenvalue weighted by molar-refractivity contribution is -0.124. The summed E-state index contributed by atoms with van der Waals surface area (Å²) >= 11 is 5.50. The highest BCUT2D eigenvalue weighted by Crippen LogP contribution is 2.39. The summed E-state index contributed by atoms with van der Waals surface area (Å²) in [5.74, 6) is 0.833. The highest BCUT2D eigenvalue weighted by atomic mass is 35.5. The molecule has 1 aliphatic carbocycles. The number of carbonyl (C=O) groups excluding carboxylic acids is 1. The van der Waals surface area contributed by atoms with E-state index in [-0.39, 0.29) is 5.91 Å². The molecule has 1 saturated carbocycles. The lowest BCUT2D eigenvalue weighted by Gasteiger charge is -2.39. The van der Waals surface area contributed by atoms with Gasteiger partial charge in [0.25, 0.3) is 0 Å². The Balaban J connectivity index is 2.06. The van der Waals surface area contributed by atoms with Gasteiger partial charge in [0.15, 0.2) is 5.82 Å². The Hall–Kier alpha value is -1.10. The molecule has 1 N–H and O–H groups in total. The summed E-state index contributed by atoms with van der Waals surface area (Å²) in [6.45, 7) is 0. The molecule has 1 amide bonds. The largest absolute Gasteiger partial charge is 0.343 e. The van der Waals surface area contributed by atoms with E-state index in [1.807, 2.05) is 0 Å². The molecule has 6 heteroatoms. The molecule has 2 rings (SSSR count). The number of rotatable bonds is 4. The molecule has 0 aromatic carbocycles. The molecule has 1 aromatic rings. The highest BCUT2D eigenvalue weighted by Gasteiger charge is 2.43. The molecule has 1 fully saturated rings. The van der Waals surface area contributed by atoms with E-state index >= 15 is 0 Å². The van der Waals surface area contributed by atoms with Gasteiger partial charge in [-0.05, 0) is 19.3 Å². The Morgan fingerprint density at radius 2 is 2.47 bits per heavy atom. The highest BCUT2D eigenvalue weighted by molar-refractivity contribution is 6.18. The first kappa shape index (κ1) is 10.4. The van der Waals surface area contributed by atoms with Crippen LogP contribution < -0.4 is 5.32 Å². The summed E-state index contributed by atoms with van der Waals surface area (Å²) in [7, 11) is 0. The lowest BCUT2D eigenvalue weighted by Crippen LogP contribution is -2.51. The fourth-order valence-corrected chi connectivity index (χ4v) is 1.90. The maximum absolute atomic E-state index is 11.5. The smallest absolute Gasteiger partial charge is 0.222 e. The van der Waals surface area contributed by atoms with Crippen molar-refractivity contribution in [2.75, 3.05) is 5.88 Å². The molecule has 15 heavy (non-hydrogen) atoms. The van der Waals surface area contributed by atoms with Crippen LogP contribution in [-0.2, 0) is 10.3 Å². The average molecular weight is 230 g/mol. The van der Waals surface area contributed by atoms with E-state index < -0.39 is 5.54 Å². The van der Waals surface area contributed by atoms with Crippen molar-refractivity contribution in [3.05, 3.63) is 12.2 Å². The number of alkyl halides is 1. The van der Waals surface area contributed by atoms with Gasteiger partial charge in [-0.2, -0.15) is 4.98 Å². The van der Waals surface area contributed by atoms with E-state index in [0.29, 0.717) is 18.1 Å². The molecule has 1 aromatic heterocycles. The quantitative estimate of drug-likeness (QED) is 0.788. The third-order valence-corrected chi connectivity index (χ3v) is 2.89. The van der Waals surface area contributed by atoms with Crippen molar-refractivity contribution in [3.8, 4) is 0 Å². The molecule has 0 atom stereocenters. The predicted octanol–water partition coefficient (Wildman–Crippen LogP) is 1.19. The van der Waals surface area contributed by atoms with Gasteiger partial charge in [-0.3, -0.25) is 4.79 Å². The number of hydrogen-bond acceptors (Lipinski definition) is 4. The summed E-state index contributed by atoms with van der Waals surface area (Å²) in [4.78, 5) is 15.5. The molecule has 0 unspecified atom stereocenters. The Labute approximate surface area is 92.2 Å². The molecule has 1 heterocycles. The van der Waals surface area contributed by atoms with Crippen molar-refractivity contribution in [1.82, 2.24) is 15.5 Å². The van der Waals surface area contributed by atoms with E-state index in [4.69, 9.17) is 16.1 Å². The predicted molar refractivity (Wildman–Crippen MR) is 53.3 cm³/mol. The van der Waals surface area contributed by atoms with Gasteiger partial charge >= 0.3 is 0 Å². The number of hydrogen-bond donors (Lipinski definition) is 1. The first-order valence-corrected chi connectivity index (χ1v) is 5.44. The van der Waals surface area contributed by atoms with Gasteiger partial charge in [0.2, 0.25) is 12.3 Å². The number of nitrogens with one attached hydrogen (secondary N) is 1. The fourth-order valence-electron chi connectivity index (χ4n) is 1.73. The number of halogens is 1. The summed E-state index contributed by atoms with van der Waals surface area (Å²) in [5, 5.41) is 6.71. The Morgan fingerprint density at radius 3 is 2.93 bits per heavy atom. The molecule has 82 valence electrons. The number of nitrogens with zero attached hydrogens (tertiary/aromatic N) is 2. The standard InChI is InChI=1S/C9H12ClN3O2/c10-5-2-7(14)12-9(3-1-4-9)8-11-6-15-13-8/h6H,1-5H2,(H,12,14). The van der Waals surface area contributed by atoms with Crippen molar-refractivity contribution < 1.29 is 9.32 Å². The Morgan fingerprint density at radius 1 is 1.67 bits per heavy atom. The maximum Gasteiger partial charge on any atom is 0.222 e. The second-order valence-corrected chi connectivity index (χ2v) is 4.06. The zero-order valence-electron chi connectivity index (χ0n) is 8.20. The van der Waals surface area contributed by atoms with Gasteiger partial charge in [-0.1, -0.05) is 5.16 Å². The van der Waals surface area contributed by atoms with Crippen LogP contribution >= 0.6 is 11.6 Å². The molecule has 0 radical (unpaired) electrons. The number of aromatic nitrogens is 2. The fraction of sp³-hybridized carbons (Fsp3) is 0.667. The van der Waals surface area contributed by atoms with Gasteiger partial charge in [-0.25, -0.2) is 0 Å². The summed E-state index contributed by atoms with van der Waals surface area (Å²) < 4.78 is 4.70. The van der Waals surface area contributed by atoms with Crippen molar-refractivity contribution in [3.63, 3.8) is 0 Å². The Bertz CT molecular complexity index is 335. The molecular weight excluding hydrogens is 218 g/mol. The number of carbonyl (C=O) groups is 1. The van der Waals surface area contributed by atoms with Crippen LogP contribution in [-0.4, -0.2) is 21.9 Å². The van der Waals surface area contributed by atoms with Crippen LogP contribution in [0.3, 0.4) is 0 Å². The van der Waals surface area contributed by atoms with Gasteiger partial charge < -0.3 is 9.84 Å². The van der Waals surface area contributed by atoms with Crippen LogP contribution in [0.2, 0.25) is 0 Å². The normalized spacial score (nSPS) is 18.2. The summed E-state index contributed by atoms with van der Waals surface area (Å²) in [6.07, 6.45) is 4.39. The zero-order valence-corrected chi connectivity index (χ0v) is 8.96. The molecule has 5 nitrogen and oxygen atoms in total. The number of amides is 1. The van der Waals surface area contributed by atoms with E-state index in [9.17, 15) is 4.79 Å². The third-order valence-electron chi connectivity index (χ3n) is 2.70. The van der Waals surface area contributed by atoms with Crippen LogP contribution in [0.15, 0.2) is 10.9 Å². The van der Waals surface area contributed by atoms with Gasteiger partial charge in [-0.15, -0.1) is 11.6 Å². The van der Waals surface area contributed by atoms with Crippen molar-refractivity contribution >= 4 is 17.5 Å². The SMILES string of the molecule is O=C(CCCl)NC1(c2ncon2)CCC1. The average Bonchev–Trinajstić information content (AvgIpc) is 2.64. The molecule has 0 spiro atoms. The molecule has 0 saturated heterocycles. The van der Waals surface area contributed by atoms with E-state index in [1.165, 1.54) is 6.39 Å². The van der Waals surface area contributed by atoms with Crippen LogP contribution in [0.5, 0.6) is 0 Å². The minimum atomic E-state index is -0.407. The van der Waals surface area contributed by atoms with Crippen molar-refractivity contribution in [2.24, 2.45) is 0 Å². The first-order valence-electron chi connectivity index (χ1n) is 4.91. The monoisotopic (exact) mass is 229 g/mol. The molecule has 0 bridgehead atoms. The molecular formula is C9H12ClN3O2. The maximum atomic E-state index is 11.5. The summed E-state index contributed by atoms with van der Waals surface area (Å²) in [6, 6.07) is 0. The van der Waals surface area contributed by atoms with E-state index in [1.54, 1.807) is 0 Å². The van der Waals surface area contributed by atoms with Gasteiger partial charge in [0, 0.05) is 12.3 Å². The third kappa shape index (κ3) is 1.97. The minimum absolute atomic E-state index is 0.0606. The lowest BCUT2D eigenvalue weighted by atomic mass is 9.76. The van der Waals surface area contributed by atoms with Crippen molar-refractivity contribution in [2.45, 2.75) is 31.2 Å².